The van der Waals surface area contributed by atoms with Gasteiger partial charge in [-0.3, -0.25) is 0 Å². The summed E-state index contributed by atoms with van der Waals surface area (Å²) in [5.41, 5.74) is 0.969. The van der Waals surface area contributed by atoms with Gasteiger partial charge in [0, 0.05) is 5.39 Å². The van der Waals surface area contributed by atoms with Crippen LogP contribution in [-0.2, 0) is 22.3 Å². The van der Waals surface area contributed by atoms with Crippen molar-refractivity contribution in [2.24, 2.45) is 0 Å². The van der Waals surface area contributed by atoms with Gasteiger partial charge in [-0.2, -0.15) is 0 Å². The minimum absolute atomic E-state index is 0.116. The van der Waals surface area contributed by atoms with Crippen LogP contribution in [0.15, 0.2) is 51.6 Å². The lowest BCUT2D eigenvalue weighted by Crippen LogP contribution is -2.24. The standard InChI is InChI=1S/C13H12N2O4S/c16-20(17,14-8-10-4-3-7-18-10)9-12-11-5-1-2-6-13(11)19-15-12/h1-7,14H,8-9H2. The lowest BCUT2D eigenvalue weighted by atomic mass is 10.2. The molecule has 2 heterocycles. The van der Waals surface area contributed by atoms with Gasteiger partial charge in [0.05, 0.1) is 12.8 Å². The largest absolute Gasteiger partial charge is 0.468 e. The molecule has 1 N–H and O–H groups in total. The van der Waals surface area contributed by atoms with E-state index in [1.807, 2.05) is 6.07 Å². The first-order valence-corrected chi connectivity index (χ1v) is 7.62. The Hall–Kier alpha value is -2.12. The number of sulfonamides is 1. The first-order valence-electron chi connectivity index (χ1n) is 5.97. The van der Waals surface area contributed by atoms with Crippen molar-refractivity contribution in [3.8, 4) is 0 Å². The highest BCUT2D eigenvalue weighted by atomic mass is 32.2. The second-order valence-corrected chi connectivity index (χ2v) is 6.09. The number of hydrogen-bond acceptors (Lipinski definition) is 5. The molecule has 6 nitrogen and oxygen atoms in total. The van der Waals surface area contributed by atoms with Gasteiger partial charge in [0.25, 0.3) is 0 Å². The Morgan fingerprint density at radius 2 is 2.00 bits per heavy atom. The molecule has 0 bridgehead atoms. The number of aromatic nitrogens is 1. The highest BCUT2D eigenvalue weighted by Crippen LogP contribution is 2.19. The Morgan fingerprint density at radius 3 is 2.80 bits per heavy atom. The molecule has 0 radical (unpaired) electrons. The number of hydrogen-bond donors (Lipinski definition) is 1. The summed E-state index contributed by atoms with van der Waals surface area (Å²) in [5.74, 6) is 0.323. The molecule has 0 saturated heterocycles. The molecule has 0 atom stereocenters. The number of furan rings is 1. The van der Waals surface area contributed by atoms with Crippen LogP contribution in [-0.4, -0.2) is 13.6 Å². The normalized spacial score (nSPS) is 12.0. The molecule has 1 aromatic carbocycles. The van der Waals surface area contributed by atoms with Crippen molar-refractivity contribution in [2.75, 3.05) is 0 Å². The highest BCUT2D eigenvalue weighted by molar-refractivity contribution is 7.88. The molecular weight excluding hydrogens is 280 g/mol. The summed E-state index contributed by atoms with van der Waals surface area (Å²) < 4.78 is 36.6. The third-order valence-electron chi connectivity index (χ3n) is 2.83. The van der Waals surface area contributed by atoms with Gasteiger partial charge in [-0.15, -0.1) is 0 Å². The predicted molar refractivity (Wildman–Crippen MR) is 72.2 cm³/mol. The third-order valence-corrected chi connectivity index (χ3v) is 4.06. The average Bonchev–Trinajstić information content (AvgIpc) is 3.07. The summed E-state index contributed by atoms with van der Waals surface area (Å²) in [6.07, 6.45) is 1.49. The molecule has 20 heavy (non-hydrogen) atoms. The fraction of sp³-hybridized carbons (Fsp3) is 0.154. The van der Waals surface area contributed by atoms with E-state index in [9.17, 15) is 8.42 Å². The Kier molecular flexibility index (Phi) is 3.29. The minimum Gasteiger partial charge on any atom is -0.468 e. The molecule has 0 amide bonds. The predicted octanol–water partition coefficient (Wildman–Crippen LogP) is 2.04. The SMILES string of the molecule is O=S(=O)(Cc1noc2ccccc12)NCc1ccco1. The van der Waals surface area contributed by atoms with Crippen LogP contribution in [0, 0.1) is 0 Å². The molecule has 7 heteroatoms. The summed E-state index contributed by atoms with van der Waals surface area (Å²) >= 11 is 0. The number of benzene rings is 1. The van der Waals surface area contributed by atoms with Gasteiger partial charge in [0.2, 0.25) is 10.0 Å². The van der Waals surface area contributed by atoms with Gasteiger partial charge < -0.3 is 8.94 Å². The van der Waals surface area contributed by atoms with Crippen LogP contribution < -0.4 is 4.72 Å². The van der Waals surface area contributed by atoms with Crippen LogP contribution in [0.5, 0.6) is 0 Å². The maximum atomic E-state index is 12.0. The maximum Gasteiger partial charge on any atom is 0.217 e. The number of rotatable bonds is 5. The van der Waals surface area contributed by atoms with E-state index >= 15 is 0 Å². The van der Waals surface area contributed by atoms with Crippen LogP contribution >= 0.6 is 0 Å². The quantitative estimate of drug-likeness (QED) is 0.777. The smallest absolute Gasteiger partial charge is 0.217 e. The van der Waals surface area contributed by atoms with E-state index in [0.29, 0.717) is 22.4 Å². The average molecular weight is 292 g/mol. The van der Waals surface area contributed by atoms with Crippen molar-refractivity contribution in [3.63, 3.8) is 0 Å². The van der Waals surface area contributed by atoms with Crippen molar-refractivity contribution >= 4 is 21.0 Å². The van der Waals surface area contributed by atoms with E-state index in [2.05, 4.69) is 9.88 Å². The van der Waals surface area contributed by atoms with Crippen molar-refractivity contribution in [1.29, 1.82) is 0 Å². The second-order valence-electron chi connectivity index (χ2n) is 4.28. The third kappa shape index (κ3) is 2.73. The fourth-order valence-electron chi connectivity index (χ4n) is 1.87. The van der Waals surface area contributed by atoms with Crippen LogP contribution in [0.1, 0.15) is 11.5 Å². The van der Waals surface area contributed by atoms with E-state index in [1.54, 1.807) is 30.3 Å². The summed E-state index contributed by atoms with van der Waals surface area (Å²) in [7, 11) is -3.50. The van der Waals surface area contributed by atoms with E-state index in [-0.39, 0.29) is 12.3 Å². The molecule has 0 fully saturated rings. The van der Waals surface area contributed by atoms with E-state index in [1.165, 1.54) is 6.26 Å². The molecule has 0 aliphatic heterocycles. The molecular formula is C13H12N2O4S. The fourth-order valence-corrected chi connectivity index (χ4v) is 2.90. The van der Waals surface area contributed by atoms with Gasteiger partial charge in [-0.05, 0) is 24.3 Å². The van der Waals surface area contributed by atoms with E-state index in [0.717, 1.165) is 0 Å². The zero-order chi connectivity index (χ0) is 14.0. The molecule has 3 aromatic rings. The molecule has 0 unspecified atom stereocenters. The molecule has 104 valence electrons. The van der Waals surface area contributed by atoms with E-state index in [4.69, 9.17) is 8.94 Å². The van der Waals surface area contributed by atoms with Crippen molar-refractivity contribution in [2.45, 2.75) is 12.3 Å². The Labute approximate surface area is 115 Å². The zero-order valence-electron chi connectivity index (χ0n) is 10.4. The molecule has 2 aromatic heterocycles. The van der Waals surface area contributed by atoms with Gasteiger partial charge >= 0.3 is 0 Å². The lowest BCUT2D eigenvalue weighted by Gasteiger charge is -2.03. The molecule has 0 aliphatic carbocycles. The first-order chi connectivity index (χ1) is 9.64. The topological polar surface area (TPSA) is 85.3 Å². The monoisotopic (exact) mass is 292 g/mol. The molecule has 0 saturated carbocycles. The van der Waals surface area contributed by atoms with Crippen LogP contribution in [0.4, 0.5) is 0 Å². The first kappa shape index (κ1) is 12.9. The van der Waals surface area contributed by atoms with Crippen LogP contribution in [0.25, 0.3) is 11.0 Å². The van der Waals surface area contributed by atoms with Gasteiger partial charge in [-0.1, -0.05) is 17.3 Å². The Balaban J connectivity index is 1.76. The number of nitrogens with zero attached hydrogens (tertiary/aromatic N) is 1. The maximum absolute atomic E-state index is 12.0. The van der Waals surface area contributed by atoms with Crippen LogP contribution in [0.2, 0.25) is 0 Å². The van der Waals surface area contributed by atoms with Crippen molar-refractivity contribution in [3.05, 3.63) is 54.1 Å². The second kappa shape index (κ2) is 5.10. The number of fused-ring (bicyclic) bond motifs is 1. The summed E-state index contributed by atoms with van der Waals surface area (Å²) in [6, 6.07) is 10.5. The lowest BCUT2D eigenvalue weighted by molar-refractivity contribution is 0.448. The molecule has 0 spiro atoms. The Bertz CT molecular complexity index is 806. The molecule has 3 rings (SSSR count). The summed E-state index contributed by atoms with van der Waals surface area (Å²) in [6.45, 7) is 0.116. The number of para-hydroxylation sites is 1. The summed E-state index contributed by atoms with van der Waals surface area (Å²) in [4.78, 5) is 0. The Morgan fingerprint density at radius 1 is 1.15 bits per heavy atom. The van der Waals surface area contributed by atoms with Gasteiger partial charge in [-0.25, -0.2) is 13.1 Å². The number of nitrogens with one attached hydrogen (secondary N) is 1. The van der Waals surface area contributed by atoms with Crippen molar-refractivity contribution in [1.82, 2.24) is 9.88 Å². The van der Waals surface area contributed by atoms with Crippen molar-refractivity contribution < 1.29 is 17.4 Å². The van der Waals surface area contributed by atoms with Crippen LogP contribution in [0.3, 0.4) is 0 Å². The van der Waals surface area contributed by atoms with Gasteiger partial charge in [0.15, 0.2) is 5.58 Å². The molecule has 0 aliphatic rings. The highest BCUT2D eigenvalue weighted by Gasteiger charge is 2.17. The zero-order valence-corrected chi connectivity index (χ0v) is 11.3. The van der Waals surface area contributed by atoms with Gasteiger partial charge in [0.1, 0.15) is 17.2 Å². The summed E-state index contributed by atoms with van der Waals surface area (Å²) in [5, 5.41) is 4.51. The minimum atomic E-state index is -3.50. The van der Waals surface area contributed by atoms with E-state index < -0.39 is 10.0 Å².